The summed E-state index contributed by atoms with van der Waals surface area (Å²) < 4.78 is 0. The molecule has 2 N–H and O–H groups in total. The Kier molecular flexibility index (Phi) is 2.05. The molecule has 3 nitrogen and oxygen atoms in total. The first kappa shape index (κ1) is 9.78. The Morgan fingerprint density at radius 3 is 2.82 bits per heavy atom. The summed E-state index contributed by atoms with van der Waals surface area (Å²) in [6.45, 7) is 3.75. The molecule has 0 spiro atoms. The third kappa shape index (κ3) is 1.44. The Morgan fingerprint density at radius 2 is 2.00 bits per heavy atom. The van der Waals surface area contributed by atoms with Gasteiger partial charge in [0.2, 0.25) is 0 Å². The van der Waals surface area contributed by atoms with Crippen LogP contribution in [0.3, 0.4) is 0 Å². The highest BCUT2D eigenvalue weighted by Gasteiger charge is 2.06. The predicted molar refractivity (Wildman–Crippen MR) is 71.5 cm³/mol. The highest BCUT2D eigenvalue weighted by molar-refractivity contribution is 6.08. The molecule has 3 heteroatoms. The molecule has 0 bridgehead atoms. The third-order valence-electron chi connectivity index (χ3n) is 2.82. The van der Waals surface area contributed by atoms with E-state index < -0.39 is 0 Å². The van der Waals surface area contributed by atoms with Crippen LogP contribution in [0.2, 0.25) is 0 Å². The highest BCUT2D eigenvalue weighted by Crippen LogP contribution is 2.26. The Morgan fingerprint density at radius 1 is 1.18 bits per heavy atom. The van der Waals surface area contributed by atoms with Crippen molar-refractivity contribution in [2.75, 3.05) is 5.73 Å². The minimum Gasteiger partial charge on any atom is -0.382 e. The maximum Gasteiger partial charge on any atom is 0.150 e. The molecule has 17 heavy (non-hydrogen) atoms. The van der Waals surface area contributed by atoms with E-state index in [0.29, 0.717) is 5.82 Å². The van der Waals surface area contributed by atoms with Gasteiger partial charge in [-0.2, -0.15) is 0 Å². The lowest BCUT2D eigenvalue weighted by molar-refractivity contribution is 1.35. The average Bonchev–Trinajstić information content (AvgIpc) is 2.38. The van der Waals surface area contributed by atoms with Crippen molar-refractivity contribution < 1.29 is 0 Å². The summed E-state index contributed by atoms with van der Waals surface area (Å²) in [5.41, 5.74) is 8.53. The van der Waals surface area contributed by atoms with E-state index in [1.807, 2.05) is 30.3 Å². The number of hydrogen-bond donors (Lipinski definition) is 1. The number of rotatable bonds is 1. The molecular weight excluding hydrogens is 210 g/mol. The Labute approximate surface area is 98.6 Å². The maximum absolute atomic E-state index is 5.91. The van der Waals surface area contributed by atoms with Crippen LogP contribution in [0, 0.1) is 0 Å². The van der Waals surface area contributed by atoms with E-state index in [9.17, 15) is 0 Å². The zero-order chi connectivity index (χ0) is 11.8. The molecule has 1 aromatic carbocycles. The van der Waals surface area contributed by atoms with Crippen LogP contribution in [0.4, 0.5) is 5.82 Å². The van der Waals surface area contributed by atoms with Crippen molar-refractivity contribution in [3.63, 3.8) is 0 Å². The van der Waals surface area contributed by atoms with Gasteiger partial charge in [0.25, 0.3) is 0 Å². The van der Waals surface area contributed by atoms with Crippen LogP contribution in [-0.2, 0) is 0 Å². The van der Waals surface area contributed by atoms with Crippen LogP contribution >= 0.6 is 0 Å². The fraction of sp³-hybridized carbons (Fsp3) is 0. The SMILES string of the molecule is C=Cc1cnc2c(N)nc3ccccc3c2c1. The number of nitrogens with two attached hydrogens (primary N) is 1. The molecule has 82 valence electrons. The van der Waals surface area contributed by atoms with Crippen LogP contribution in [0.15, 0.2) is 43.1 Å². The number of hydrogen-bond acceptors (Lipinski definition) is 3. The summed E-state index contributed by atoms with van der Waals surface area (Å²) in [5, 5.41) is 2.08. The van der Waals surface area contributed by atoms with Crippen molar-refractivity contribution >= 4 is 33.7 Å². The van der Waals surface area contributed by atoms with Gasteiger partial charge in [-0.1, -0.05) is 30.9 Å². The van der Waals surface area contributed by atoms with Crippen molar-refractivity contribution in [1.82, 2.24) is 9.97 Å². The molecule has 0 aliphatic rings. The van der Waals surface area contributed by atoms with Gasteiger partial charge in [-0.15, -0.1) is 0 Å². The summed E-state index contributed by atoms with van der Waals surface area (Å²) in [4.78, 5) is 8.69. The maximum atomic E-state index is 5.91. The molecule has 0 amide bonds. The summed E-state index contributed by atoms with van der Waals surface area (Å²) in [5.74, 6) is 0.467. The average molecular weight is 221 g/mol. The summed E-state index contributed by atoms with van der Waals surface area (Å²) >= 11 is 0. The smallest absolute Gasteiger partial charge is 0.150 e. The number of nitrogens with zero attached hydrogens (tertiary/aromatic N) is 2. The van der Waals surface area contributed by atoms with E-state index in [1.165, 1.54) is 0 Å². The quantitative estimate of drug-likeness (QED) is 0.642. The van der Waals surface area contributed by atoms with Crippen molar-refractivity contribution in [3.05, 3.63) is 48.7 Å². The minimum absolute atomic E-state index is 0.467. The molecule has 0 aliphatic heterocycles. The van der Waals surface area contributed by atoms with Gasteiger partial charge in [0.1, 0.15) is 5.52 Å². The molecule has 0 fully saturated rings. The monoisotopic (exact) mass is 221 g/mol. The van der Waals surface area contributed by atoms with Crippen LogP contribution in [0.1, 0.15) is 5.56 Å². The molecule has 0 saturated carbocycles. The van der Waals surface area contributed by atoms with Gasteiger partial charge in [0, 0.05) is 17.0 Å². The molecule has 0 saturated heterocycles. The van der Waals surface area contributed by atoms with Gasteiger partial charge in [0.05, 0.1) is 5.52 Å². The second-order valence-electron chi connectivity index (χ2n) is 3.88. The van der Waals surface area contributed by atoms with Crippen LogP contribution in [-0.4, -0.2) is 9.97 Å². The highest BCUT2D eigenvalue weighted by atomic mass is 14.9. The molecule has 3 rings (SSSR count). The molecule has 0 atom stereocenters. The third-order valence-corrected chi connectivity index (χ3v) is 2.82. The molecule has 0 unspecified atom stereocenters. The molecule has 2 heterocycles. The number of anilines is 1. The molecule has 0 radical (unpaired) electrons. The van der Waals surface area contributed by atoms with Gasteiger partial charge >= 0.3 is 0 Å². The van der Waals surface area contributed by atoms with Crippen LogP contribution in [0.25, 0.3) is 27.9 Å². The van der Waals surface area contributed by atoms with Crippen molar-refractivity contribution in [2.45, 2.75) is 0 Å². The van der Waals surface area contributed by atoms with E-state index in [1.54, 1.807) is 12.3 Å². The van der Waals surface area contributed by atoms with Gasteiger partial charge in [0.15, 0.2) is 5.82 Å². The number of benzene rings is 1. The number of para-hydroxylation sites is 1. The van der Waals surface area contributed by atoms with Gasteiger partial charge in [-0.3, -0.25) is 4.98 Å². The lowest BCUT2D eigenvalue weighted by Gasteiger charge is -2.06. The Hall–Kier alpha value is -2.42. The Balaban J connectivity index is 2.56. The Bertz CT molecular complexity index is 732. The topological polar surface area (TPSA) is 51.8 Å². The van der Waals surface area contributed by atoms with E-state index >= 15 is 0 Å². The first-order valence-electron chi connectivity index (χ1n) is 5.36. The second-order valence-corrected chi connectivity index (χ2v) is 3.88. The van der Waals surface area contributed by atoms with Crippen molar-refractivity contribution in [2.24, 2.45) is 0 Å². The molecule has 2 aromatic heterocycles. The summed E-state index contributed by atoms with van der Waals surface area (Å²) in [7, 11) is 0. The first-order valence-corrected chi connectivity index (χ1v) is 5.36. The standard InChI is InChI=1S/C14H11N3/c1-2-9-7-11-10-5-3-4-6-12(10)17-14(15)13(11)16-8-9/h2-8H,1H2,(H2,15,17). The number of aromatic nitrogens is 2. The summed E-state index contributed by atoms with van der Waals surface area (Å²) in [6.07, 6.45) is 3.53. The van der Waals surface area contributed by atoms with Gasteiger partial charge in [-0.25, -0.2) is 4.98 Å². The molecule has 0 aliphatic carbocycles. The summed E-state index contributed by atoms with van der Waals surface area (Å²) in [6, 6.07) is 9.95. The van der Waals surface area contributed by atoms with Gasteiger partial charge in [-0.05, 0) is 17.7 Å². The van der Waals surface area contributed by atoms with E-state index in [0.717, 1.165) is 27.4 Å². The first-order chi connectivity index (χ1) is 8.29. The van der Waals surface area contributed by atoms with Gasteiger partial charge < -0.3 is 5.73 Å². The number of fused-ring (bicyclic) bond motifs is 3. The van der Waals surface area contributed by atoms with Crippen molar-refractivity contribution in [3.8, 4) is 0 Å². The normalized spacial score (nSPS) is 10.8. The largest absolute Gasteiger partial charge is 0.382 e. The lowest BCUT2D eigenvalue weighted by atomic mass is 10.1. The van der Waals surface area contributed by atoms with E-state index in [2.05, 4.69) is 16.5 Å². The number of nitrogen functional groups attached to an aromatic ring is 1. The number of pyridine rings is 2. The molecule has 3 aromatic rings. The van der Waals surface area contributed by atoms with E-state index in [-0.39, 0.29) is 0 Å². The molecular formula is C14H11N3. The van der Waals surface area contributed by atoms with E-state index in [4.69, 9.17) is 5.73 Å². The van der Waals surface area contributed by atoms with Crippen LogP contribution in [0.5, 0.6) is 0 Å². The zero-order valence-electron chi connectivity index (χ0n) is 9.22. The predicted octanol–water partition coefficient (Wildman–Crippen LogP) is 3.01. The lowest BCUT2D eigenvalue weighted by Crippen LogP contribution is -1.95. The van der Waals surface area contributed by atoms with Crippen molar-refractivity contribution in [1.29, 1.82) is 0 Å². The van der Waals surface area contributed by atoms with Crippen LogP contribution < -0.4 is 5.73 Å². The minimum atomic E-state index is 0.467. The second kappa shape index (κ2) is 3.56. The zero-order valence-corrected chi connectivity index (χ0v) is 9.22. The fourth-order valence-electron chi connectivity index (χ4n) is 1.98. The fourth-order valence-corrected chi connectivity index (χ4v) is 1.98.